The van der Waals surface area contributed by atoms with E-state index in [-0.39, 0.29) is 12.1 Å². The number of hydrogen-bond donors (Lipinski definition) is 0. The first kappa shape index (κ1) is 23.1. The molecule has 6 aromatic rings. The third-order valence-electron chi connectivity index (χ3n) is 7.56. The average molecular weight is 478 g/mol. The maximum absolute atomic E-state index is 2.65. The molecule has 0 aromatic heterocycles. The zero-order valence-corrected chi connectivity index (χ0v) is 21.2. The molecule has 0 bridgehead atoms. The van der Waals surface area contributed by atoms with Crippen LogP contribution in [0.15, 0.2) is 146 Å². The minimum absolute atomic E-state index is 0.146. The lowest BCUT2D eigenvalue weighted by atomic mass is 9.91. The highest BCUT2D eigenvalue weighted by Crippen LogP contribution is 2.41. The summed E-state index contributed by atoms with van der Waals surface area (Å²) in [5.41, 5.74) is 5.28. The lowest BCUT2D eigenvalue weighted by Gasteiger charge is -2.40. The summed E-state index contributed by atoms with van der Waals surface area (Å²) in [6, 6.07) is 53.2. The molecule has 1 heteroatoms. The SMILES string of the molecule is CC(c1ccccc1)N(c1cccc2ccccc12)C(Cc1cccc2ccccc12)c1ccccc1. The second-order valence-corrected chi connectivity index (χ2v) is 9.76. The summed E-state index contributed by atoms with van der Waals surface area (Å²) in [7, 11) is 0. The van der Waals surface area contributed by atoms with Crippen LogP contribution in [0.2, 0.25) is 0 Å². The highest BCUT2D eigenvalue weighted by Gasteiger charge is 2.28. The van der Waals surface area contributed by atoms with Crippen molar-refractivity contribution in [2.75, 3.05) is 4.90 Å². The van der Waals surface area contributed by atoms with E-state index in [2.05, 4.69) is 157 Å². The van der Waals surface area contributed by atoms with Crippen molar-refractivity contribution in [3.63, 3.8) is 0 Å². The summed E-state index contributed by atoms with van der Waals surface area (Å²) in [4.78, 5) is 2.65. The molecule has 0 aliphatic rings. The summed E-state index contributed by atoms with van der Waals surface area (Å²) in [6.45, 7) is 2.34. The molecule has 180 valence electrons. The average Bonchev–Trinajstić information content (AvgIpc) is 2.98. The first-order valence-corrected chi connectivity index (χ1v) is 13.1. The summed E-state index contributed by atoms with van der Waals surface area (Å²) >= 11 is 0. The van der Waals surface area contributed by atoms with Gasteiger partial charge in [-0.3, -0.25) is 0 Å². The molecule has 0 amide bonds. The molecule has 6 aromatic carbocycles. The Morgan fingerprint density at radius 2 is 1.00 bits per heavy atom. The summed E-state index contributed by atoms with van der Waals surface area (Å²) in [5.74, 6) is 0. The van der Waals surface area contributed by atoms with Crippen LogP contribution in [0.4, 0.5) is 5.69 Å². The molecule has 37 heavy (non-hydrogen) atoms. The van der Waals surface area contributed by atoms with Crippen molar-refractivity contribution in [3.8, 4) is 0 Å². The van der Waals surface area contributed by atoms with Crippen molar-refractivity contribution < 1.29 is 0 Å². The fraction of sp³-hybridized carbons (Fsp3) is 0.111. The fourth-order valence-electron chi connectivity index (χ4n) is 5.70. The monoisotopic (exact) mass is 477 g/mol. The Balaban J connectivity index is 1.57. The maximum atomic E-state index is 2.65. The smallest absolute Gasteiger partial charge is 0.0589 e. The van der Waals surface area contributed by atoms with Gasteiger partial charge in [-0.15, -0.1) is 0 Å². The molecule has 0 radical (unpaired) electrons. The van der Waals surface area contributed by atoms with Gasteiger partial charge in [-0.2, -0.15) is 0 Å². The molecular formula is C36H31N. The number of nitrogens with zero attached hydrogens (tertiary/aromatic N) is 1. The number of anilines is 1. The van der Waals surface area contributed by atoms with E-state index in [1.807, 2.05) is 0 Å². The summed E-state index contributed by atoms with van der Waals surface area (Å²) in [5, 5.41) is 5.17. The highest BCUT2D eigenvalue weighted by molar-refractivity contribution is 5.94. The predicted molar refractivity (Wildman–Crippen MR) is 158 cm³/mol. The van der Waals surface area contributed by atoms with Crippen LogP contribution in [-0.4, -0.2) is 0 Å². The van der Waals surface area contributed by atoms with Crippen LogP contribution >= 0.6 is 0 Å². The standard InChI is InChI=1S/C36H31N/c1-27(28-14-4-2-5-15-28)37(35-25-13-21-30-17-9-11-24-34(30)35)36(31-18-6-3-7-19-31)26-32-22-12-20-29-16-8-10-23-33(29)32/h2-25,27,36H,26H2,1H3. The van der Waals surface area contributed by atoms with E-state index in [9.17, 15) is 0 Å². The molecule has 0 N–H and O–H groups in total. The molecule has 1 nitrogen and oxygen atoms in total. The first-order valence-electron chi connectivity index (χ1n) is 13.1. The first-order chi connectivity index (χ1) is 18.3. The fourth-order valence-corrected chi connectivity index (χ4v) is 5.70. The molecule has 0 fully saturated rings. The van der Waals surface area contributed by atoms with E-state index in [0.29, 0.717) is 0 Å². The molecule has 2 unspecified atom stereocenters. The molecule has 0 saturated carbocycles. The largest absolute Gasteiger partial charge is 0.357 e. The minimum atomic E-state index is 0.146. The zero-order valence-electron chi connectivity index (χ0n) is 21.2. The van der Waals surface area contributed by atoms with Crippen LogP contribution in [0.3, 0.4) is 0 Å². The van der Waals surface area contributed by atoms with Crippen LogP contribution in [0.25, 0.3) is 21.5 Å². The van der Waals surface area contributed by atoms with Crippen molar-refractivity contribution in [2.24, 2.45) is 0 Å². The van der Waals surface area contributed by atoms with Crippen molar-refractivity contribution in [1.82, 2.24) is 0 Å². The number of fused-ring (bicyclic) bond motifs is 2. The summed E-state index contributed by atoms with van der Waals surface area (Å²) < 4.78 is 0. The quantitative estimate of drug-likeness (QED) is 0.221. The van der Waals surface area contributed by atoms with Gasteiger partial charge >= 0.3 is 0 Å². The van der Waals surface area contributed by atoms with Crippen LogP contribution in [0, 0.1) is 0 Å². The minimum Gasteiger partial charge on any atom is -0.357 e. The second kappa shape index (κ2) is 10.3. The molecule has 0 aliphatic carbocycles. The molecule has 0 saturated heterocycles. The van der Waals surface area contributed by atoms with Gasteiger partial charge in [0.25, 0.3) is 0 Å². The molecule has 2 atom stereocenters. The van der Waals surface area contributed by atoms with E-state index < -0.39 is 0 Å². The van der Waals surface area contributed by atoms with Crippen LogP contribution in [0.5, 0.6) is 0 Å². The van der Waals surface area contributed by atoms with Crippen molar-refractivity contribution in [1.29, 1.82) is 0 Å². The maximum Gasteiger partial charge on any atom is 0.0589 e. The predicted octanol–water partition coefficient (Wildman–Crippen LogP) is 9.54. The lowest BCUT2D eigenvalue weighted by molar-refractivity contribution is 0.553. The molecular weight excluding hydrogens is 446 g/mol. The number of benzene rings is 6. The Kier molecular flexibility index (Phi) is 6.44. The van der Waals surface area contributed by atoms with E-state index in [4.69, 9.17) is 0 Å². The van der Waals surface area contributed by atoms with Gasteiger partial charge in [0.1, 0.15) is 0 Å². The third-order valence-corrected chi connectivity index (χ3v) is 7.56. The topological polar surface area (TPSA) is 3.24 Å². The van der Waals surface area contributed by atoms with Gasteiger partial charge < -0.3 is 4.90 Å². The van der Waals surface area contributed by atoms with Crippen LogP contribution < -0.4 is 4.90 Å². The Hall–Kier alpha value is -4.36. The van der Waals surface area contributed by atoms with E-state index in [1.165, 1.54) is 43.9 Å². The van der Waals surface area contributed by atoms with Gasteiger partial charge in [0.05, 0.1) is 12.1 Å². The molecule has 0 spiro atoms. The van der Waals surface area contributed by atoms with Gasteiger partial charge in [-0.1, -0.05) is 140 Å². The van der Waals surface area contributed by atoms with Crippen molar-refractivity contribution in [2.45, 2.75) is 25.4 Å². The van der Waals surface area contributed by atoms with Gasteiger partial charge in [0.2, 0.25) is 0 Å². The van der Waals surface area contributed by atoms with Crippen LogP contribution in [0.1, 0.15) is 35.7 Å². The van der Waals surface area contributed by atoms with E-state index in [1.54, 1.807) is 0 Å². The highest BCUT2D eigenvalue weighted by atomic mass is 15.2. The Labute approximate surface area is 219 Å². The summed E-state index contributed by atoms with van der Waals surface area (Å²) in [6.07, 6.45) is 0.908. The normalized spacial score (nSPS) is 12.9. The van der Waals surface area contributed by atoms with Gasteiger partial charge in [0.15, 0.2) is 0 Å². The lowest BCUT2D eigenvalue weighted by Crippen LogP contribution is -2.33. The third kappa shape index (κ3) is 4.61. The van der Waals surface area contributed by atoms with Gasteiger partial charge in [-0.25, -0.2) is 0 Å². The second-order valence-electron chi connectivity index (χ2n) is 9.76. The Morgan fingerprint density at radius 1 is 0.486 bits per heavy atom. The van der Waals surface area contributed by atoms with Gasteiger partial charge in [-0.05, 0) is 52.3 Å². The Morgan fingerprint density at radius 3 is 1.70 bits per heavy atom. The molecule has 6 rings (SSSR count). The van der Waals surface area contributed by atoms with E-state index >= 15 is 0 Å². The molecule has 0 heterocycles. The van der Waals surface area contributed by atoms with Crippen molar-refractivity contribution in [3.05, 3.63) is 162 Å². The van der Waals surface area contributed by atoms with Crippen LogP contribution in [-0.2, 0) is 6.42 Å². The number of hydrogen-bond acceptors (Lipinski definition) is 1. The number of rotatable bonds is 7. The van der Waals surface area contributed by atoms with Gasteiger partial charge in [0, 0.05) is 11.1 Å². The zero-order chi connectivity index (χ0) is 25.0. The van der Waals surface area contributed by atoms with Crippen molar-refractivity contribution >= 4 is 27.2 Å². The Bertz CT molecular complexity index is 1610. The van der Waals surface area contributed by atoms with E-state index in [0.717, 1.165) is 6.42 Å². The molecule has 0 aliphatic heterocycles.